The lowest BCUT2D eigenvalue weighted by atomic mass is 9.47. The number of amides is 3. The summed E-state index contributed by atoms with van der Waals surface area (Å²) in [7, 11) is 1.70. The van der Waals surface area contributed by atoms with Crippen molar-refractivity contribution in [2.45, 2.75) is 51.6 Å². The molecule has 10 heteroatoms. The van der Waals surface area contributed by atoms with E-state index in [1.807, 2.05) is 6.92 Å². The third kappa shape index (κ3) is 4.67. The van der Waals surface area contributed by atoms with Crippen LogP contribution in [0.3, 0.4) is 0 Å². The van der Waals surface area contributed by atoms with Gasteiger partial charge in [-0.3, -0.25) is 10.1 Å². The number of anilines is 1. The van der Waals surface area contributed by atoms with Crippen LogP contribution in [0.1, 0.15) is 49.6 Å². The van der Waals surface area contributed by atoms with Gasteiger partial charge in [-0.25, -0.2) is 9.78 Å². The van der Waals surface area contributed by atoms with Crippen LogP contribution in [0.5, 0.6) is 0 Å². The normalized spacial score (nSPS) is 32.2. The Bertz CT molecular complexity index is 1000. The van der Waals surface area contributed by atoms with Crippen LogP contribution in [0.2, 0.25) is 0 Å². The number of nitrogens with zero attached hydrogens (tertiary/aromatic N) is 3. The van der Waals surface area contributed by atoms with Crippen molar-refractivity contribution < 1.29 is 24.5 Å². The lowest BCUT2D eigenvalue weighted by molar-refractivity contribution is -0.146. The third-order valence-corrected chi connectivity index (χ3v) is 9.55. The van der Waals surface area contributed by atoms with E-state index in [1.165, 1.54) is 11.3 Å². The molecule has 2 fully saturated rings. The SMILES string of the molecule is C#CCN(C)C(=O)C[C@@H]1c2nc(NC(=O)N3CCOCC3)sc2C[C@@H]2[C@](C)(CO)[C@H](O)CC[C@]21C. The number of hydrogen-bond acceptors (Lipinski definition) is 7. The lowest BCUT2D eigenvalue weighted by Gasteiger charge is -2.58. The maximum absolute atomic E-state index is 13.1. The fraction of sp³-hybridized carbons (Fsp3) is 0.720. The topological polar surface area (TPSA) is 115 Å². The molecule has 1 saturated carbocycles. The first-order valence-corrected chi connectivity index (χ1v) is 13.0. The van der Waals surface area contributed by atoms with Gasteiger partial charge in [-0.05, 0) is 30.6 Å². The molecule has 3 aliphatic rings. The molecule has 3 amide bonds. The average molecular weight is 505 g/mol. The summed E-state index contributed by atoms with van der Waals surface area (Å²) in [5.41, 5.74) is -0.210. The van der Waals surface area contributed by atoms with Crippen molar-refractivity contribution in [2.75, 3.05) is 51.8 Å². The molecule has 2 heterocycles. The monoisotopic (exact) mass is 504 g/mol. The summed E-state index contributed by atoms with van der Waals surface area (Å²) in [6, 6.07) is -0.208. The summed E-state index contributed by atoms with van der Waals surface area (Å²) in [5.74, 6) is 2.19. The summed E-state index contributed by atoms with van der Waals surface area (Å²) in [6.45, 7) is 6.27. The molecule has 1 aromatic rings. The van der Waals surface area contributed by atoms with Gasteiger partial charge in [0.15, 0.2) is 5.13 Å². The zero-order chi connectivity index (χ0) is 25.4. The number of aliphatic hydroxyl groups is 2. The van der Waals surface area contributed by atoms with Crippen molar-refractivity contribution in [3.05, 3.63) is 10.6 Å². The number of morpholine rings is 1. The minimum atomic E-state index is -0.697. The summed E-state index contributed by atoms with van der Waals surface area (Å²) in [5, 5.41) is 24.7. The largest absolute Gasteiger partial charge is 0.396 e. The van der Waals surface area contributed by atoms with Crippen molar-refractivity contribution in [3.63, 3.8) is 0 Å². The average Bonchev–Trinajstić information content (AvgIpc) is 3.25. The van der Waals surface area contributed by atoms with Crippen LogP contribution in [-0.4, -0.2) is 89.5 Å². The summed E-state index contributed by atoms with van der Waals surface area (Å²) < 4.78 is 5.33. The number of urea groups is 1. The van der Waals surface area contributed by atoms with E-state index in [1.54, 1.807) is 16.8 Å². The van der Waals surface area contributed by atoms with E-state index >= 15 is 0 Å². The number of ether oxygens (including phenoxy) is 1. The van der Waals surface area contributed by atoms with Gasteiger partial charge in [0.1, 0.15) is 0 Å². The number of thiazole rings is 1. The van der Waals surface area contributed by atoms with Crippen LogP contribution in [0.25, 0.3) is 0 Å². The molecule has 0 aromatic carbocycles. The molecule has 5 atom stereocenters. The molecule has 9 nitrogen and oxygen atoms in total. The highest BCUT2D eigenvalue weighted by Gasteiger charge is 2.59. The van der Waals surface area contributed by atoms with Crippen LogP contribution < -0.4 is 5.32 Å². The fourth-order valence-corrected chi connectivity index (χ4v) is 7.25. The highest BCUT2D eigenvalue weighted by atomic mass is 32.1. The molecule has 1 aliphatic heterocycles. The Balaban J connectivity index is 1.68. The molecule has 192 valence electrons. The molecule has 4 rings (SSSR count). The van der Waals surface area contributed by atoms with E-state index in [0.29, 0.717) is 44.3 Å². The van der Waals surface area contributed by atoms with Crippen LogP contribution in [0.4, 0.5) is 9.93 Å². The van der Waals surface area contributed by atoms with Gasteiger partial charge in [-0.15, -0.1) is 17.8 Å². The molecule has 1 aromatic heterocycles. The number of hydrogen-bond donors (Lipinski definition) is 3. The smallest absolute Gasteiger partial charge is 0.323 e. The Morgan fingerprint density at radius 1 is 1.37 bits per heavy atom. The maximum Gasteiger partial charge on any atom is 0.323 e. The maximum atomic E-state index is 13.1. The van der Waals surface area contributed by atoms with Crippen molar-refractivity contribution >= 4 is 28.4 Å². The minimum Gasteiger partial charge on any atom is -0.396 e. The van der Waals surface area contributed by atoms with E-state index in [2.05, 4.69) is 18.2 Å². The zero-order valence-electron chi connectivity index (χ0n) is 20.7. The minimum absolute atomic E-state index is 0.0461. The fourth-order valence-electron chi connectivity index (χ4n) is 6.19. The molecular formula is C25H36N4O5S. The number of nitrogens with one attached hydrogen (secondary N) is 1. The lowest BCUT2D eigenvalue weighted by Crippen LogP contribution is -2.57. The summed E-state index contributed by atoms with van der Waals surface area (Å²) in [6.07, 6.45) is 6.94. The Morgan fingerprint density at radius 2 is 2.09 bits per heavy atom. The van der Waals surface area contributed by atoms with Crippen LogP contribution in [0.15, 0.2) is 0 Å². The Labute approximate surface area is 210 Å². The van der Waals surface area contributed by atoms with E-state index in [-0.39, 0.29) is 48.8 Å². The number of fused-ring (bicyclic) bond motifs is 2. The van der Waals surface area contributed by atoms with Gasteiger partial charge in [-0.2, -0.15) is 0 Å². The third-order valence-electron chi connectivity index (χ3n) is 8.54. The Morgan fingerprint density at radius 3 is 2.74 bits per heavy atom. The van der Waals surface area contributed by atoms with Gasteiger partial charge in [0.2, 0.25) is 5.91 Å². The van der Waals surface area contributed by atoms with Crippen molar-refractivity contribution in [2.24, 2.45) is 16.7 Å². The van der Waals surface area contributed by atoms with Crippen molar-refractivity contribution in [1.82, 2.24) is 14.8 Å². The van der Waals surface area contributed by atoms with E-state index in [4.69, 9.17) is 16.1 Å². The molecule has 35 heavy (non-hydrogen) atoms. The van der Waals surface area contributed by atoms with Gasteiger partial charge < -0.3 is 24.7 Å². The molecule has 1 saturated heterocycles. The first kappa shape index (κ1) is 25.9. The van der Waals surface area contributed by atoms with E-state index < -0.39 is 11.5 Å². The van der Waals surface area contributed by atoms with E-state index in [0.717, 1.165) is 17.0 Å². The predicted octanol–water partition coefficient (Wildman–Crippen LogP) is 1.90. The number of aliphatic hydroxyl groups excluding tert-OH is 2. The predicted molar refractivity (Wildman–Crippen MR) is 133 cm³/mol. The molecule has 2 aliphatic carbocycles. The zero-order valence-corrected chi connectivity index (χ0v) is 21.6. The highest BCUT2D eigenvalue weighted by Crippen LogP contribution is 2.62. The Hall–Kier alpha value is -2.19. The molecule has 3 N–H and O–H groups in total. The molecule has 0 unspecified atom stereocenters. The van der Waals surface area contributed by atoms with Crippen LogP contribution in [-0.2, 0) is 16.0 Å². The number of terminal acetylenes is 1. The number of carbonyl (C=O) groups is 2. The van der Waals surface area contributed by atoms with Gasteiger partial charge in [0, 0.05) is 42.8 Å². The van der Waals surface area contributed by atoms with E-state index in [9.17, 15) is 19.8 Å². The molecular weight excluding hydrogens is 468 g/mol. The number of rotatable bonds is 5. The first-order valence-electron chi connectivity index (χ1n) is 12.2. The first-order chi connectivity index (χ1) is 16.6. The van der Waals surface area contributed by atoms with Crippen LogP contribution in [0, 0.1) is 29.1 Å². The molecule has 0 spiro atoms. The second-order valence-electron chi connectivity index (χ2n) is 10.5. The molecule has 0 radical (unpaired) electrons. The van der Waals surface area contributed by atoms with Gasteiger partial charge in [0.05, 0.1) is 38.2 Å². The summed E-state index contributed by atoms with van der Waals surface area (Å²) in [4.78, 5) is 35.0. The van der Waals surface area contributed by atoms with Crippen LogP contribution >= 0.6 is 11.3 Å². The number of carbonyl (C=O) groups excluding carboxylic acids is 2. The number of aromatic nitrogens is 1. The van der Waals surface area contributed by atoms with Gasteiger partial charge in [0.25, 0.3) is 0 Å². The Kier molecular flexibility index (Phi) is 7.44. The van der Waals surface area contributed by atoms with Gasteiger partial charge in [-0.1, -0.05) is 19.8 Å². The highest BCUT2D eigenvalue weighted by molar-refractivity contribution is 7.15. The second-order valence-corrected chi connectivity index (χ2v) is 11.6. The standard InChI is InChI=1S/C25H36N4O5S/c1-5-8-28(4)20(32)13-16-21-17(14-18-24(16,2)7-6-19(31)25(18,3)15-30)35-22(26-21)27-23(33)29-9-11-34-12-10-29/h1,16,18-19,30-31H,6-15H2,2-4H3,(H,26,27,33)/t16-,18+,19-,24+,25+/m1/s1. The summed E-state index contributed by atoms with van der Waals surface area (Å²) >= 11 is 1.42. The van der Waals surface area contributed by atoms with Crippen molar-refractivity contribution in [1.29, 1.82) is 0 Å². The van der Waals surface area contributed by atoms with Crippen molar-refractivity contribution in [3.8, 4) is 12.3 Å². The molecule has 0 bridgehead atoms. The quantitative estimate of drug-likeness (QED) is 0.528. The second kappa shape index (κ2) is 10.1. The van der Waals surface area contributed by atoms with Gasteiger partial charge >= 0.3 is 6.03 Å².